The van der Waals surface area contributed by atoms with E-state index in [4.69, 9.17) is 0 Å². The fourth-order valence-corrected chi connectivity index (χ4v) is 5.56. The highest BCUT2D eigenvalue weighted by atomic mass is 32.1. The lowest BCUT2D eigenvalue weighted by Crippen LogP contribution is -2.49. The lowest BCUT2D eigenvalue weighted by atomic mass is 10.1. The Labute approximate surface area is 210 Å². The summed E-state index contributed by atoms with van der Waals surface area (Å²) in [5.74, 6) is -0.605. The number of fused-ring (bicyclic) bond motifs is 1. The average molecular weight is 512 g/mol. The standard InChI is InChI=1S/C27H24F3N3O2S/c28-27(29,30)23-9-5-4-8-21(23)25(34)32-16-14-31(15-17-32)20-10-11-22-24(18-20)36-33(26(22)35)13-12-19-6-2-1-3-7-19/h1-11,18H,12-17H2. The second kappa shape index (κ2) is 9.81. The van der Waals surface area contributed by atoms with Crippen molar-refractivity contribution < 1.29 is 18.0 Å². The number of amides is 1. The number of carbonyl (C=O) groups excluding carboxylic acids is 1. The summed E-state index contributed by atoms with van der Waals surface area (Å²) in [7, 11) is 0. The molecule has 1 aliphatic rings. The average Bonchev–Trinajstić information content (AvgIpc) is 3.22. The van der Waals surface area contributed by atoms with Gasteiger partial charge < -0.3 is 9.80 Å². The maximum Gasteiger partial charge on any atom is 0.417 e. The Bertz CT molecular complexity index is 1440. The molecule has 1 fully saturated rings. The first-order valence-corrected chi connectivity index (χ1v) is 12.5. The Morgan fingerprint density at radius 1 is 0.889 bits per heavy atom. The molecule has 1 amide bonds. The molecule has 0 bridgehead atoms. The van der Waals surface area contributed by atoms with Gasteiger partial charge in [-0.15, -0.1) is 0 Å². The second-order valence-electron chi connectivity index (χ2n) is 8.74. The van der Waals surface area contributed by atoms with E-state index in [1.165, 1.54) is 40.2 Å². The predicted octanol–water partition coefficient (Wildman–Crippen LogP) is 5.29. The first-order chi connectivity index (χ1) is 17.3. The number of aryl methyl sites for hydroxylation is 2. The molecule has 5 rings (SSSR count). The van der Waals surface area contributed by atoms with Crippen molar-refractivity contribution in [2.45, 2.75) is 19.1 Å². The maximum absolute atomic E-state index is 13.3. The molecule has 186 valence electrons. The lowest BCUT2D eigenvalue weighted by molar-refractivity contribution is -0.138. The van der Waals surface area contributed by atoms with Gasteiger partial charge in [0.05, 0.1) is 21.2 Å². The van der Waals surface area contributed by atoms with E-state index in [-0.39, 0.29) is 11.1 Å². The topological polar surface area (TPSA) is 45.6 Å². The molecule has 0 saturated carbocycles. The molecular weight excluding hydrogens is 487 g/mol. The number of hydrogen-bond donors (Lipinski definition) is 0. The van der Waals surface area contributed by atoms with Crippen LogP contribution in [0.25, 0.3) is 10.1 Å². The largest absolute Gasteiger partial charge is 0.417 e. The van der Waals surface area contributed by atoms with Gasteiger partial charge in [0.2, 0.25) is 0 Å². The highest BCUT2D eigenvalue weighted by Gasteiger charge is 2.36. The highest BCUT2D eigenvalue weighted by Crippen LogP contribution is 2.33. The molecule has 0 aliphatic carbocycles. The van der Waals surface area contributed by atoms with Crippen LogP contribution < -0.4 is 10.5 Å². The molecule has 1 aromatic heterocycles. The van der Waals surface area contributed by atoms with E-state index in [9.17, 15) is 22.8 Å². The van der Waals surface area contributed by atoms with Crippen LogP contribution in [0.5, 0.6) is 0 Å². The monoisotopic (exact) mass is 511 g/mol. The van der Waals surface area contributed by atoms with E-state index >= 15 is 0 Å². The van der Waals surface area contributed by atoms with E-state index in [0.29, 0.717) is 38.1 Å². The molecule has 0 spiro atoms. The number of piperazine rings is 1. The number of rotatable bonds is 5. The molecule has 36 heavy (non-hydrogen) atoms. The first-order valence-electron chi connectivity index (χ1n) is 11.7. The summed E-state index contributed by atoms with van der Waals surface area (Å²) in [4.78, 5) is 29.2. The number of anilines is 1. The summed E-state index contributed by atoms with van der Waals surface area (Å²) in [5, 5.41) is 0.675. The Morgan fingerprint density at radius 3 is 2.31 bits per heavy atom. The molecule has 2 heterocycles. The van der Waals surface area contributed by atoms with Crippen LogP contribution in [0, 0.1) is 0 Å². The van der Waals surface area contributed by atoms with E-state index in [2.05, 4.69) is 4.90 Å². The molecular formula is C27H24F3N3O2S. The number of alkyl halides is 3. The van der Waals surface area contributed by atoms with Gasteiger partial charge in [-0.3, -0.25) is 13.5 Å². The molecule has 5 nitrogen and oxygen atoms in total. The third kappa shape index (κ3) is 4.88. The van der Waals surface area contributed by atoms with E-state index < -0.39 is 17.6 Å². The van der Waals surface area contributed by atoms with Crippen molar-refractivity contribution in [2.24, 2.45) is 0 Å². The third-order valence-electron chi connectivity index (χ3n) is 6.47. The summed E-state index contributed by atoms with van der Waals surface area (Å²) in [6.45, 7) is 2.23. The van der Waals surface area contributed by atoms with Gasteiger partial charge in [0, 0.05) is 38.4 Å². The van der Waals surface area contributed by atoms with Gasteiger partial charge in [0.25, 0.3) is 11.5 Å². The number of hydrogen-bond acceptors (Lipinski definition) is 4. The number of benzene rings is 3. The number of carbonyl (C=O) groups is 1. The highest BCUT2D eigenvalue weighted by molar-refractivity contribution is 7.13. The summed E-state index contributed by atoms with van der Waals surface area (Å²) in [6, 6.07) is 20.6. The van der Waals surface area contributed by atoms with Gasteiger partial charge in [-0.1, -0.05) is 54.0 Å². The van der Waals surface area contributed by atoms with Gasteiger partial charge >= 0.3 is 6.18 Å². The van der Waals surface area contributed by atoms with Crippen LogP contribution in [0.2, 0.25) is 0 Å². The van der Waals surface area contributed by atoms with E-state index in [1.807, 2.05) is 48.5 Å². The van der Waals surface area contributed by atoms with Crippen LogP contribution >= 0.6 is 11.5 Å². The van der Waals surface area contributed by atoms with Crippen molar-refractivity contribution in [3.8, 4) is 0 Å². The van der Waals surface area contributed by atoms with Crippen molar-refractivity contribution in [2.75, 3.05) is 31.1 Å². The van der Waals surface area contributed by atoms with Crippen LogP contribution in [0.15, 0.2) is 77.6 Å². The smallest absolute Gasteiger partial charge is 0.368 e. The molecule has 3 aromatic carbocycles. The molecule has 0 N–H and O–H groups in total. The Morgan fingerprint density at radius 2 is 1.58 bits per heavy atom. The van der Waals surface area contributed by atoms with Crippen LogP contribution in [-0.2, 0) is 19.1 Å². The summed E-state index contributed by atoms with van der Waals surface area (Å²) >= 11 is 1.43. The van der Waals surface area contributed by atoms with E-state index in [1.54, 1.807) is 3.96 Å². The van der Waals surface area contributed by atoms with Gasteiger partial charge in [-0.25, -0.2) is 0 Å². The Kier molecular flexibility index (Phi) is 6.57. The molecule has 1 aliphatic heterocycles. The van der Waals surface area contributed by atoms with Crippen molar-refractivity contribution in [1.29, 1.82) is 0 Å². The SMILES string of the molecule is O=C(c1ccccc1C(F)(F)F)N1CCN(c2ccc3c(=O)n(CCc4ccccc4)sc3c2)CC1. The Hall–Kier alpha value is -3.59. The minimum Gasteiger partial charge on any atom is -0.368 e. The predicted molar refractivity (Wildman–Crippen MR) is 136 cm³/mol. The second-order valence-corrected chi connectivity index (χ2v) is 9.80. The Balaban J connectivity index is 1.27. The van der Waals surface area contributed by atoms with Gasteiger partial charge in [-0.2, -0.15) is 13.2 Å². The van der Waals surface area contributed by atoms with E-state index in [0.717, 1.165) is 22.9 Å². The van der Waals surface area contributed by atoms with Gasteiger partial charge in [0.1, 0.15) is 0 Å². The summed E-state index contributed by atoms with van der Waals surface area (Å²) in [5.41, 5.74) is 0.877. The molecule has 9 heteroatoms. The van der Waals surface area contributed by atoms with Crippen molar-refractivity contribution in [1.82, 2.24) is 8.86 Å². The number of halogens is 3. The van der Waals surface area contributed by atoms with Crippen molar-refractivity contribution >= 4 is 33.2 Å². The van der Waals surface area contributed by atoms with Gasteiger partial charge in [0.15, 0.2) is 0 Å². The maximum atomic E-state index is 13.3. The fraction of sp³-hybridized carbons (Fsp3) is 0.259. The van der Waals surface area contributed by atoms with Crippen LogP contribution in [0.4, 0.5) is 18.9 Å². The number of aromatic nitrogens is 1. The molecule has 0 atom stereocenters. The number of nitrogens with zero attached hydrogens (tertiary/aromatic N) is 3. The zero-order chi connectivity index (χ0) is 25.3. The van der Waals surface area contributed by atoms with Crippen LogP contribution in [-0.4, -0.2) is 40.9 Å². The first kappa shape index (κ1) is 24.1. The molecule has 4 aromatic rings. The van der Waals surface area contributed by atoms with Crippen LogP contribution in [0.3, 0.4) is 0 Å². The zero-order valence-electron chi connectivity index (χ0n) is 19.4. The molecule has 1 saturated heterocycles. The van der Waals surface area contributed by atoms with Crippen molar-refractivity contribution in [3.63, 3.8) is 0 Å². The minimum atomic E-state index is -4.58. The molecule has 0 unspecified atom stereocenters. The minimum absolute atomic E-state index is 0.00349. The lowest BCUT2D eigenvalue weighted by Gasteiger charge is -2.36. The summed E-state index contributed by atoms with van der Waals surface area (Å²) < 4.78 is 42.7. The molecule has 0 radical (unpaired) electrons. The summed E-state index contributed by atoms with van der Waals surface area (Å²) in [6.07, 6.45) is -3.81. The normalized spacial score (nSPS) is 14.4. The quantitative estimate of drug-likeness (QED) is 0.366. The van der Waals surface area contributed by atoms with Gasteiger partial charge in [-0.05, 0) is 42.3 Å². The fourth-order valence-electron chi connectivity index (χ4n) is 4.53. The third-order valence-corrected chi connectivity index (χ3v) is 7.58. The van der Waals surface area contributed by atoms with Crippen molar-refractivity contribution in [3.05, 3.63) is 99.8 Å². The zero-order valence-corrected chi connectivity index (χ0v) is 20.2. The van der Waals surface area contributed by atoms with Crippen LogP contribution in [0.1, 0.15) is 21.5 Å².